The first-order valence-corrected chi connectivity index (χ1v) is 6.83. The third-order valence-electron chi connectivity index (χ3n) is 2.59. The van der Waals surface area contributed by atoms with Gasteiger partial charge < -0.3 is 5.73 Å². The summed E-state index contributed by atoms with van der Waals surface area (Å²) in [5, 5.41) is 2.16. The summed E-state index contributed by atoms with van der Waals surface area (Å²) >= 11 is 13.9. The van der Waals surface area contributed by atoms with Crippen molar-refractivity contribution in [3.8, 4) is 10.6 Å². The van der Waals surface area contributed by atoms with Crippen LogP contribution in [0, 0.1) is 0 Å². The van der Waals surface area contributed by atoms with Gasteiger partial charge in [-0.15, -0.1) is 11.3 Å². The highest BCUT2D eigenvalue weighted by atomic mass is 35.5. The van der Waals surface area contributed by atoms with Crippen LogP contribution in [0.25, 0.3) is 20.8 Å². The first kappa shape index (κ1) is 11.8. The smallest absolute Gasteiger partial charge is 0.126 e. The fraction of sp³-hybridized carbons (Fsp3) is 0. The maximum absolute atomic E-state index is 6.19. The van der Waals surface area contributed by atoms with Crippen LogP contribution in [0.1, 0.15) is 0 Å². The number of halogens is 2. The number of fused-ring (bicyclic) bond motifs is 1. The van der Waals surface area contributed by atoms with Crippen LogP contribution in [0.15, 0.2) is 36.4 Å². The zero-order chi connectivity index (χ0) is 12.7. The first-order valence-electron chi connectivity index (χ1n) is 5.25. The molecule has 1 heterocycles. The van der Waals surface area contributed by atoms with Crippen molar-refractivity contribution in [2.45, 2.75) is 0 Å². The second-order valence-corrected chi connectivity index (χ2v) is 5.66. The Morgan fingerprint density at radius 3 is 2.61 bits per heavy atom. The molecule has 0 unspecified atom stereocenters. The van der Waals surface area contributed by atoms with Crippen molar-refractivity contribution in [1.29, 1.82) is 0 Å². The summed E-state index contributed by atoms with van der Waals surface area (Å²) in [6.07, 6.45) is 0. The summed E-state index contributed by atoms with van der Waals surface area (Å²) in [5.74, 6) is 0. The molecule has 90 valence electrons. The normalized spacial score (nSPS) is 11.0. The average molecular weight is 295 g/mol. The number of hydrogen-bond acceptors (Lipinski definition) is 3. The van der Waals surface area contributed by atoms with Gasteiger partial charge in [0.05, 0.1) is 20.3 Å². The monoisotopic (exact) mass is 294 g/mol. The molecule has 0 amide bonds. The second kappa shape index (κ2) is 4.43. The quantitative estimate of drug-likeness (QED) is 0.652. The average Bonchev–Trinajstić information content (AvgIpc) is 2.74. The predicted molar refractivity (Wildman–Crippen MR) is 79.5 cm³/mol. The minimum atomic E-state index is 0.602. The largest absolute Gasteiger partial charge is 0.399 e. The highest BCUT2D eigenvalue weighted by Gasteiger charge is 2.11. The van der Waals surface area contributed by atoms with Gasteiger partial charge in [0.1, 0.15) is 5.01 Å². The highest BCUT2D eigenvalue weighted by molar-refractivity contribution is 7.22. The summed E-state index contributed by atoms with van der Waals surface area (Å²) in [6, 6.07) is 11.1. The summed E-state index contributed by atoms with van der Waals surface area (Å²) in [7, 11) is 0. The number of hydrogen-bond donors (Lipinski definition) is 1. The van der Waals surface area contributed by atoms with E-state index in [4.69, 9.17) is 28.9 Å². The van der Waals surface area contributed by atoms with Crippen LogP contribution >= 0.6 is 34.5 Å². The van der Waals surface area contributed by atoms with E-state index in [9.17, 15) is 0 Å². The molecule has 0 spiro atoms. The standard InChI is InChI=1S/C13H8Cl2N2S/c14-9-2-1-3-11-12(9)18-13(17-11)8-5-4-7(16)6-10(8)15/h1-6H,16H2. The van der Waals surface area contributed by atoms with Crippen LogP contribution in [-0.2, 0) is 0 Å². The third-order valence-corrected chi connectivity index (χ3v) is 4.47. The molecule has 0 aliphatic rings. The lowest BCUT2D eigenvalue weighted by Gasteiger charge is -2.00. The van der Waals surface area contributed by atoms with Crippen molar-refractivity contribution in [1.82, 2.24) is 4.98 Å². The molecule has 3 aromatic rings. The molecule has 2 aromatic carbocycles. The van der Waals surface area contributed by atoms with Crippen molar-refractivity contribution in [2.24, 2.45) is 0 Å². The molecule has 2 nitrogen and oxygen atoms in total. The Morgan fingerprint density at radius 1 is 1.06 bits per heavy atom. The predicted octanol–water partition coefficient (Wildman–Crippen LogP) is 4.85. The lowest BCUT2D eigenvalue weighted by Crippen LogP contribution is -1.85. The van der Waals surface area contributed by atoms with Crippen LogP contribution in [-0.4, -0.2) is 4.98 Å². The number of aromatic nitrogens is 1. The lowest BCUT2D eigenvalue weighted by molar-refractivity contribution is 1.48. The minimum absolute atomic E-state index is 0.602. The van der Waals surface area contributed by atoms with E-state index in [-0.39, 0.29) is 0 Å². The zero-order valence-corrected chi connectivity index (χ0v) is 11.5. The van der Waals surface area contributed by atoms with Gasteiger partial charge in [-0.3, -0.25) is 0 Å². The molecule has 18 heavy (non-hydrogen) atoms. The van der Waals surface area contributed by atoms with Crippen molar-refractivity contribution in [3.63, 3.8) is 0 Å². The molecule has 0 saturated heterocycles. The molecule has 0 aliphatic heterocycles. The van der Waals surface area contributed by atoms with E-state index >= 15 is 0 Å². The fourth-order valence-corrected chi connectivity index (χ4v) is 3.36. The second-order valence-electron chi connectivity index (χ2n) is 3.85. The van der Waals surface area contributed by atoms with Gasteiger partial charge >= 0.3 is 0 Å². The van der Waals surface area contributed by atoms with Gasteiger partial charge in [-0.1, -0.05) is 29.3 Å². The molecule has 0 bridgehead atoms. The van der Waals surface area contributed by atoms with Crippen LogP contribution < -0.4 is 5.73 Å². The van der Waals surface area contributed by atoms with Gasteiger partial charge in [0.25, 0.3) is 0 Å². The molecule has 3 rings (SSSR count). The summed E-state index contributed by atoms with van der Waals surface area (Å²) < 4.78 is 0.974. The summed E-state index contributed by atoms with van der Waals surface area (Å²) in [4.78, 5) is 4.54. The van der Waals surface area contributed by atoms with Crippen molar-refractivity contribution < 1.29 is 0 Å². The van der Waals surface area contributed by atoms with Gasteiger partial charge in [0.2, 0.25) is 0 Å². The molecule has 2 N–H and O–H groups in total. The van der Waals surface area contributed by atoms with Gasteiger partial charge in [-0.05, 0) is 30.3 Å². The molecular weight excluding hydrogens is 287 g/mol. The lowest BCUT2D eigenvalue weighted by atomic mass is 10.2. The first-order chi connectivity index (χ1) is 8.65. The number of rotatable bonds is 1. The highest BCUT2D eigenvalue weighted by Crippen LogP contribution is 2.37. The molecule has 5 heteroatoms. The maximum Gasteiger partial charge on any atom is 0.126 e. The molecule has 0 radical (unpaired) electrons. The molecule has 0 aliphatic carbocycles. The Kier molecular flexibility index (Phi) is 2.90. The Balaban J connectivity index is 2.23. The Morgan fingerprint density at radius 2 is 1.89 bits per heavy atom. The van der Waals surface area contributed by atoms with Gasteiger partial charge in [0.15, 0.2) is 0 Å². The van der Waals surface area contributed by atoms with E-state index in [0.29, 0.717) is 15.7 Å². The minimum Gasteiger partial charge on any atom is -0.399 e. The topological polar surface area (TPSA) is 38.9 Å². The Hall–Kier alpha value is -1.29. The van der Waals surface area contributed by atoms with Crippen molar-refractivity contribution in [3.05, 3.63) is 46.4 Å². The van der Waals surface area contributed by atoms with Crippen molar-refractivity contribution >= 4 is 50.4 Å². The molecule has 0 saturated carbocycles. The van der Waals surface area contributed by atoms with Crippen LogP contribution in [0.4, 0.5) is 5.69 Å². The van der Waals surface area contributed by atoms with E-state index in [1.165, 1.54) is 11.3 Å². The van der Waals surface area contributed by atoms with Crippen LogP contribution in [0.3, 0.4) is 0 Å². The molecule has 0 atom stereocenters. The summed E-state index contributed by atoms with van der Waals surface area (Å²) in [5.41, 5.74) is 8.09. The fourth-order valence-electron chi connectivity index (χ4n) is 1.74. The van der Waals surface area contributed by atoms with Crippen LogP contribution in [0.5, 0.6) is 0 Å². The molecular formula is C13H8Cl2N2S. The molecule has 1 aromatic heterocycles. The van der Waals surface area contributed by atoms with Gasteiger partial charge in [0, 0.05) is 11.3 Å². The van der Waals surface area contributed by atoms with E-state index in [0.717, 1.165) is 20.8 Å². The van der Waals surface area contributed by atoms with E-state index < -0.39 is 0 Å². The zero-order valence-electron chi connectivity index (χ0n) is 9.15. The third kappa shape index (κ3) is 1.94. The number of nitrogens with two attached hydrogens (primary N) is 1. The number of thiazole rings is 1. The van der Waals surface area contributed by atoms with E-state index in [1.54, 1.807) is 6.07 Å². The Bertz CT molecular complexity index is 737. The number of nitrogens with zero attached hydrogens (tertiary/aromatic N) is 1. The van der Waals surface area contributed by atoms with Crippen LogP contribution in [0.2, 0.25) is 10.0 Å². The van der Waals surface area contributed by atoms with E-state index in [1.807, 2.05) is 30.3 Å². The van der Waals surface area contributed by atoms with E-state index in [2.05, 4.69) is 4.98 Å². The number of anilines is 1. The molecule has 0 fully saturated rings. The van der Waals surface area contributed by atoms with Crippen molar-refractivity contribution in [2.75, 3.05) is 5.73 Å². The Labute approximate surface area is 118 Å². The van der Waals surface area contributed by atoms with Gasteiger partial charge in [-0.25, -0.2) is 4.98 Å². The summed E-state index contributed by atoms with van der Waals surface area (Å²) in [6.45, 7) is 0. The maximum atomic E-state index is 6.19. The SMILES string of the molecule is Nc1ccc(-c2nc3cccc(Cl)c3s2)c(Cl)c1. The van der Waals surface area contributed by atoms with Gasteiger partial charge in [-0.2, -0.15) is 0 Å². The number of nitrogen functional groups attached to an aromatic ring is 1. The number of benzene rings is 2.